The molecule has 1 aromatic rings. The number of aliphatic hydroxyl groups is 1. The van der Waals surface area contributed by atoms with E-state index in [0.717, 1.165) is 0 Å². The Labute approximate surface area is 93.5 Å². The van der Waals surface area contributed by atoms with Crippen LogP contribution in [0.5, 0.6) is 0 Å². The first-order valence-corrected chi connectivity index (χ1v) is 4.97. The number of aliphatic hydroxyl groups excluding tert-OH is 1. The number of nitrogens with one attached hydrogen (secondary N) is 2. The Kier molecular flexibility index (Phi) is 4.25. The Bertz CT molecular complexity index is 382. The van der Waals surface area contributed by atoms with Crippen LogP contribution in [0, 0.1) is 12.7 Å². The molecule has 0 saturated carbocycles. The minimum absolute atomic E-state index is 0.143. The van der Waals surface area contributed by atoms with Crippen LogP contribution in [0.15, 0.2) is 18.2 Å². The van der Waals surface area contributed by atoms with Crippen LogP contribution in [0.4, 0.5) is 14.9 Å². The van der Waals surface area contributed by atoms with Gasteiger partial charge in [-0.25, -0.2) is 9.18 Å². The van der Waals surface area contributed by atoms with Crippen LogP contribution < -0.4 is 10.6 Å². The summed E-state index contributed by atoms with van der Waals surface area (Å²) in [6.45, 7) is 3.16. The molecule has 0 aliphatic rings. The highest BCUT2D eigenvalue weighted by atomic mass is 19.1. The Morgan fingerprint density at radius 2 is 2.25 bits per heavy atom. The molecule has 3 N–H and O–H groups in total. The summed E-state index contributed by atoms with van der Waals surface area (Å²) in [5, 5.41) is 13.7. The molecule has 5 heteroatoms. The zero-order chi connectivity index (χ0) is 12.1. The summed E-state index contributed by atoms with van der Waals surface area (Å²) in [7, 11) is 0. The molecule has 2 amide bonds. The number of rotatable bonds is 3. The molecule has 0 aliphatic carbocycles. The Morgan fingerprint density at radius 1 is 1.56 bits per heavy atom. The van der Waals surface area contributed by atoms with E-state index in [2.05, 4.69) is 10.6 Å². The van der Waals surface area contributed by atoms with Crippen molar-refractivity contribution in [3.05, 3.63) is 29.6 Å². The van der Waals surface area contributed by atoms with Gasteiger partial charge >= 0.3 is 6.03 Å². The highest BCUT2D eigenvalue weighted by Crippen LogP contribution is 2.13. The van der Waals surface area contributed by atoms with Crippen molar-refractivity contribution in [2.24, 2.45) is 0 Å². The smallest absolute Gasteiger partial charge is 0.319 e. The van der Waals surface area contributed by atoms with Gasteiger partial charge in [-0.15, -0.1) is 0 Å². The number of hydrogen-bond acceptors (Lipinski definition) is 2. The quantitative estimate of drug-likeness (QED) is 0.733. The van der Waals surface area contributed by atoms with Crippen LogP contribution in [-0.4, -0.2) is 23.8 Å². The molecule has 16 heavy (non-hydrogen) atoms. The lowest BCUT2D eigenvalue weighted by Gasteiger charge is -2.12. The summed E-state index contributed by atoms with van der Waals surface area (Å²) in [6, 6.07) is 3.64. The maximum Gasteiger partial charge on any atom is 0.319 e. The predicted octanol–water partition coefficient (Wildman–Crippen LogP) is 1.64. The van der Waals surface area contributed by atoms with Crippen LogP contribution >= 0.6 is 0 Å². The molecule has 0 aromatic heterocycles. The number of aryl methyl sites for hydroxylation is 1. The highest BCUT2D eigenvalue weighted by molar-refractivity contribution is 5.89. The molecule has 0 heterocycles. The SMILES string of the molecule is Cc1ccc(NC(=O)N[C@H](C)CO)cc1F. The number of hydrogen-bond donors (Lipinski definition) is 3. The van der Waals surface area contributed by atoms with Gasteiger partial charge in [-0.1, -0.05) is 6.07 Å². The molecular weight excluding hydrogens is 211 g/mol. The number of benzene rings is 1. The van der Waals surface area contributed by atoms with E-state index in [9.17, 15) is 9.18 Å². The van der Waals surface area contributed by atoms with Gasteiger partial charge in [-0.05, 0) is 31.5 Å². The third-order valence-corrected chi connectivity index (χ3v) is 2.08. The third-order valence-electron chi connectivity index (χ3n) is 2.08. The molecular formula is C11H15FN2O2. The van der Waals surface area contributed by atoms with Gasteiger partial charge in [-0.3, -0.25) is 0 Å². The van der Waals surface area contributed by atoms with Crippen LogP contribution in [0.25, 0.3) is 0 Å². The number of anilines is 1. The van der Waals surface area contributed by atoms with Crippen LogP contribution in [-0.2, 0) is 0 Å². The molecule has 0 spiro atoms. The maximum absolute atomic E-state index is 13.1. The van der Waals surface area contributed by atoms with Gasteiger partial charge in [0.2, 0.25) is 0 Å². The fourth-order valence-corrected chi connectivity index (χ4v) is 1.11. The molecule has 0 fully saturated rings. The average Bonchev–Trinajstić information content (AvgIpc) is 2.23. The van der Waals surface area contributed by atoms with E-state index in [1.54, 1.807) is 26.0 Å². The minimum atomic E-state index is -0.468. The van der Waals surface area contributed by atoms with Crippen molar-refractivity contribution in [3.8, 4) is 0 Å². The average molecular weight is 226 g/mol. The van der Waals surface area contributed by atoms with E-state index in [-0.39, 0.29) is 18.5 Å². The molecule has 88 valence electrons. The lowest BCUT2D eigenvalue weighted by molar-refractivity contribution is 0.229. The maximum atomic E-state index is 13.1. The van der Waals surface area contributed by atoms with Crippen molar-refractivity contribution in [2.45, 2.75) is 19.9 Å². The fourth-order valence-electron chi connectivity index (χ4n) is 1.11. The van der Waals surface area contributed by atoms with Gasteiger partial charge in [0.15, 0.2) is 0 Å². The fraction of sp³-hybridized carbons (Fsp3) is 0.364. The number of amides is 2. The molecule has 1 atom stereocenters. The standard InChI is InChI=1S/C11H15FN2O2/c1-7-3-4-9(5-10(7)12)14-11(16)13-8(2)6-15/h3-5,8,15H,6H2,1-2H3,(H2,13,14,16)/t8-/m1/s1. The van der Waals surface area contributed by atoms with Crippen LogP contribution in [0.2, 0.25) is 0 Å². The van der Waals surface area contributed by atoms with Gasteiger partial charge in [0, 0.05) is 5.69 Å². The van der Waals surface area contributed by atoms with Crippen molar-refractivity contribution in [3.63, 3.8) is 0 Å². The van der Waals surface area contributed by atoms with Crippen molar-refractivity contribution in [1.82, 2.24) is 5.32 Å². The van der Waals surface area contributed by atoms with Crippen molar-refractivity contribution >= 4 is 11.7 Å². The molecule has 0 radical (unpaired) electrons. The summed E-state index contributed by atoms with van der Waals surface area (Å²) in [4.78, 5) is 11.3. The van der Waals surface area contributed by atoms with E-state index in [0.29, 0.717) is 11.3 Å². The largest absolute Gasteiger partial charge is 0.394 e. The monoisotopic (exact) mass is 226 g/mol. The first-order valence-electron chi connectivity index (χ1n) is 4.97. The summed E-state index contributed by atoms with van der Waals surface area (Å²) in [5.74, 6) is -0.368. The van der Waals surface area contributed by atoms with Crippen molar-refractivity contribution in [2.75, 3.05) is 11.9 Å². The minimum Gasteiger partial charge on any atom is -0.394 e. The van der Waals surface area contributed by atoms with E-state index < -0.39 is 6.03 Å². The first kappa shape index (κ1) is 12.4. The van der Waals surface area contributed by atoms with Gasteiger partial charge in [-0.2, -0.15) is 0 Å². The number of carbonyl (C=O) groups excluding carboxylic acids is 1. The van der Waals surface area contributed by atoms with Gasteiger partial charge in [0.1, 0.15) is 5.82 Å². The third kappa shape index (κ3) is 3.51. The van der Waals surface area contributed by atoms with Gasteiger partial charge < -0.3 is 15.7 Å². The highest BCUT2D eigenvalue weighted by Gasteiger charge is 2.06. The number of carbonyl (C=O) groups is 1. The topological polar surface area (TPSA) is 61.4 Å². The van der Waals surface area contributed by atoms with E-state index in [1.165, 1.54) is 6.07 Å². The number of halogens is 1. The summed E-state index contributed by atoms with van der Waals surface area (Å²) >= 11 is 0. The van der Waals surface area contributed by atoms with E-state index in [1.807, 2.05) is 0 Å². The Morgan fingerprint density at radius 3 is 2.81 bits per heavy atom. The van der Waals surface area contributed by atoms with Crippen molar-refractivity contribution in [1.29, 1.82) is 0 Å². The van der Waals surface area contributed by atoms with Gasteiger partial charge in [0.25, 0.3) is 0 Å². The first-order chi connectivity index (χ1) is 7.52. The summed E-state index contributed by atoms with van der Waals surface area (Å²) < 4.78 is 13.1. The zero-order valence-corrected chi connectivity index (χ0v) is 9.25. The molecule has 4 nitrogen and oxygen atoms in total. The number of urea groups is 1. The second kappa shape index (κ2) is 5.46. The van der Waals surface area contributed by atoms with Crippen LogP contribution in [0.1, 0.15) is 12.5 Å². The molecule has 0 unspecified atom stereocenters. The molecule has 0 aliphatic heterocycles. The van der Waals surface area contributed by atoms with Gasteiger partial charge in [0.05, 0.1) is 12.6 Å². The normalized spacial score (nSPS) is 12.0. The van der Waals surface area contributed by atoms with Crippen LogP contribution in [0.3, 0.4) is 0 Å². The summed E-state index contributed by atoms with van der Waals surface area (Å²) in [5.41, 5.74) is 0.903. The lowest BCUT2D eigenvalue weighted by Crippen LogP contribution is -2.38. The van der Waals surface area contributed by atoms with E-state index in [4.69, 9.17) is 5.11 Å². The molecule has 0 bridgehead atoms. The second-order valence-electron chi connectivity index (χ2n) is 3.65. The van der Waals surface area contributed by atoms with Crippen molar-refractivity contribution < 1.29 is 14.3 Å². The lowest BCUT2D eigenvalue weighted by atomic mass is 10.2. The zero-order valence-electron chi connectivity index (χ0n) is 9.25. The molecule has 1 aromatic carbocycles. The Balaban J connectivity index is 2.59. The van der Waals surface area contributed by atoms with E-state index >= 15 is 0 Å². The summed E-state index contributed by atoms with van der Waals surface area (Å²) in [6.07, 6.45) is 0. The predicted molar refractivity (Wildman–Crippen MR) is 59.8 cm³/mol. The second-order valence-corrected chi connectivity index (χ2v) is 3.65. The molecule has 1 rings (SSSR count). The molecule has 0 saturated heterocycles. The Hall–Kier alpha value is -1.62.